The number of sulfone groups is 1. The minimum atomic E-state index is -4.81. The summed E-state index contributed by atoms with van der Waals surface area (Å²) in [6, 6.07) is 7.84. The fourth-order valence-electron chi connectivity index (χ4n) is 5.78. The molecule has 2 saturated heterocycles. The smallest absolute Gasteiger partial charge is 0.378 e. The van der Waals surface area contributed by atoms with Gasteiger partial charge in [-0.05, 0) is 43.2 Å². The summed E-state index contributed by atoms with van der Waals surface area (Å²) in [5.74, 6) is -0.949. The Kier molecular flexibility index (Phi) is 8.09. The van der Waals surface area contributed by atoms with Gasteiger partial charge >= 0.3 is 6.18 Å². The average molecular weight is 651 g/mol. The monoisotopic (exact) mass is 650 g/mol. The maximum absolute atomic E-state index is 14.1. The Morgan fingerprint density at radius 2 is 1.93 bits per heavy atom. The zero-order chi connectivity index (χ0) is 31.4. The topological polar surface area (TPSA) is 108 Å². The van der Waals surface area contributed by atoms with Crippen molar-refractivity contribution < 1.29 is 31.1 Å². The summed E-state index contributed by atoms with van der Waals surface area (Å²) >= 11 is 0.689. The number of nitrogens with one attached hydrogen (secondary N) is 1. The summed E-state index contributed by atoms with van der Waals surface area (Å²) in [7, 11) is -2.42. The molecule has 1 N–H and O–H groups in total. The third-order valence-electron chi connectivity index (χ3n) is 8.44. The predicted molar refractivity (Wildman–Crippen MR) is 161 cm³/mol. The van der Waals surface area contributed by atoms with Gasteiger partial charge in [0.1, 0.15) is 10.4 Å². The number of aryl methyl sites for hydroxylation is 1. The Bertz CT molecular complexity index is 1690. The summed E-state index contributed by atoms with van der Waals surface area (Å²) in [6.07, 6.45) is -3.47. The Morgan fingerprint density at radius 1 is 1.16 bits per heavy atom. The van der Waals surface area contributed by atoms with E-state index in [2.05, 4.69) is 38.1 Å². The minimum absolute atomic E-state index is 0.00314. The number of fused-ring (bicyclic) bond motifs is 1. The summed E-state index contributed by atoms with van der Waals surface area (Å²) in [4.78, 5) is 26.6. The quantitative estimate of drug-likeness (QED) is 0.418. The van der Waals surface area contributed by atoms with Gasteiger partial charge in [-0.3, -0.25) is 9.69 Å². The van der Waals surface area contributed by atoms with E-state index in [1.165, 1.54) is 11.9 Å². The van der Waals surface area contributed by atoms with Crippen LogP contribution in [0.3, 0.4) is 0 Å². The van der Waals surface area contributed by atoms with E-state index >= 15 is 0 Å². The maximum atomic E-state index is 14.1. The lowest BCUT2D eigenvalue weighted by Crippen LogP contribution is -2.59. The van der Waals surface area contributed by atoms with Crippen molar-refractivity contribution in [2.45, 2.75) is 43.4 Å². The molecule has 6 rings (SSSR count). The Labute approximate surface area is 257 Å². The summed E-state index contributed by atoms with van der Waals surface area (Å²) in [6.45, 7) is 8.50. The Morgan fingerprint density at radius 3 is 2.59 bits per heavy atom. The van der Waals surface area contributed by atoms with Crippen LogP contribution in [0.25, 0.3) is 10.6 Å². The Hall–Kier alpha value is -3.27. The van der Waals surface area contributed by atoms with Crippen molar-refractivity contribution in [3.63, 3.8) is 0 Å². The second-order valence-electron chi connectivity index (χ2n) is 11.4. The molecular weight excluding hydrogens is 617 g/mol. The first kappa shape index (κ1) is 30.7. The third kappa shape index (κ3) is 5.77. The van der Waals surface area contributed by atoms with Crippen LogP contribution in [0, 0.1) is 0 Å². The lowest BCUT2D eigenvalue weighted by Gasteiger charge is -2.46. The number of amides is 1. The number of rotatable bonds is 6. The molecule has 1 aromatic carbocycles. The second-order valence-corrected chi connectivity index (χ2v) is 14.5. The lowest BCUT2D eigenvalue weighted by molar-refractivity contribution is -0.137. The van der Waals surface area contributed by atoms with Gasteiger partial charge in [0.2, 0.25) is 5.95 Å². The highest BCUT2D eigenvalue weighted by molar-refractivity contribution is 7.91. The number of hydrogen-bond acceptors (Lipinski definition) is 10. The zero-order valence-corrected chi connectivity index (χ0v) is 26.2. The van der Waals surface area contributed by atoms with Crippen molar-refractivity contribution in [3.8, 4) is 10.6 Å². The molecular formula is C29H33F3N6O4S2. The fraction of sp³-hybridized carbons (Fsp3) is 0.483. The molecule has 236 valence electrons. The number of halogens is 3. The van der Waals surface area contributed by atoms with E-state index in [-0.39, 0.29) is 32.9 Å². The number of nitrogens with zero attached hydrogens (tertiary/aromatic N) is 5. The number of aromatic nitrogens is 2. The zero-order valence-electron chi connectivity index (χ0n) is 24.5. The average Bonchev–Trinajstić information content (AvgIpc) is 3.38. The molecule has 0 saturated carbocycles. The van der Waals surface area contributed by atoms with E-state index in [4.69, 9.17) is 4.74 Å². The van der Waals surface area contributed by atoms with Crippen LogP contribution in [0.2, 0.25) is 0 Å². The van der Waals surface area contributed by atoms with Crippen molar-refractivity contribution in [1.82, 2.24) is 19.8 Å². The molecule has 1 atom stereocenters. The van der Waals surface area contributed by atoms with Crippen LogP contribution in [0.5, 0.6) is 0 Å². The van der Waals surface area contributed by atoms with Crippen LogP contribution in [0.15, 0.2) is 35.4 Å². The second kappa shape index (κ2) is 11.6. The lowest BCUT2D eigenvalue weighted by atomic mass is 10.1. The van der Waals surface area contributed by atoms with Crippen molar-refractivity contribution in [2.75, 3.05) is 62.4 Å². The number of alkyl halides is 3. The first-order valence-corrected chi connectivity index (χ1v) is 16.9. The van der Waals surface area contributed by atoms with E-state index in [1.54, 1.807) is 0 Å². The number of benzene rings is 1. The van der Waals surface area contributed by atoms with Crippen molar-refractivity contribution in [2.24, 2.45) is 0 Å². The molecule has 0 radical (unpaired) electrons. The third-order valence-corrected chi connectivity index (χ3v) is 11.4. The first-order valence-electron chi connectivity index (χ1n) is 14.4. The van der Waals surface area contributed by atoms with E-state index in [0.29, 0.717) is 41.7 Å². The predicted octanol–water partition coefficient (Wildman–Crippen LogP) is 4.30. The molecule has 10 nitrogen and oxygen atoms in total. The summed E-state index contributed by atoms with van der Waals surface area (Å²) < 4.78 is 73.4. The molecule has 1 unspecified atom stereocenters. The molecule has 2 fully saturated rings. The molecule has 3 aliphatic heterocycles. The number of carbonyl (C=O) groups excluding carboxylic acids is 1. The highest BCUT2D eigenvalue weighted by Gasteiger charge is 2.38. The number of anilines is 3. The molecule has 3 aliphatic rings. The molecule has 0 bridgehead atoms. The largest absolute Gasteiger partial charge is 0.420 e. The molecule has 3 aromatic rings. The minimum Gasteiger partial charge on any atom is -0.378 e. The van der Waals surface area contributed by atoms with Gasteiger partial charge in [-0.25, -0.2) is 18.4 Å². The highest BCUT2D eigenvalue weighted by Crippen LogP contribution is 2.42. The molecule has 2 aromatic heterocycles. The molecule has 0 aliphatic carbocycles. The van der Waals surface area contributed by atoms with Gasteiger partial charge in [-0.1, -0.05) is 6.92 Å². The molecule has 44 heavy (non-hydrogen) atoms. The van der Waals surface area contributed by atoms with E-state index < -0.39 is 33.2 Å². The van der Waals surface area contributed by atoms with Gasteiger partial charge in [0.25, 0.3) is 5.91 Å². The van der Waals surface area contributed by atoms with Crippen LogP contribution >= 0.6 is 11.3 Å². The molecule has 15 heteroatoms. The van der Waals surface area contributed by atoms with E-state index in [9.17, 15) is 26.4 Å². The number of ether oxygens (including phenoxy) is 1. The fourth-order valence-corrected chi connectivity index (χ4v) is 8.81. The van der Waals surface area contributed by atoms with Crippen molar-refractivity contribution in [1.29, 1.82) is 0 Å². The van der Waals surface area contributed by atoms with Crippen LogP contribution in [0.1, 0.15) is 34.6 Å². The van der Waals surface area contributed by atoms with Crippen LogP contribution in [0.4, 0.5) is 30.5 Å². The Balaban J connectivity index is 1.31. The van der Waals surface area contributed by atoms with E-state index in [0.717, 1.165) is 50.2 Å². The van der Waals surface area contributed by atoms with E-state index in [1.807, 2.05) is 19.1 Å². The van der Waals surface area contributed by atoms with Crippen molar-refractivity contribution >= 4 is 44.4 Å². The highest BCUT2D eigenvalue weighted by atomic mass is 32.2. The molecule has 5 heterocycles. The standard InChI is InChI=1S/C29H33F3N6O4S2/c1-4-18-11-19(38-8-7-37(14-17(38)2)20-15-42-16-20)5-6-22(18)34-28-33-13-21(29(30,31)32)25(35-28)23-12-24-26(43-23)27(39)36(3)9-10-44(24,40)41/h5-6,11-13,17,20H,4,7-10,14-16H2,1-3H3,(H,33,34,35). The van der Waals surface area contributed by atoms with Gasteiger partial charge in [-0.2, -0.15) is 13.2 Å². The SMILES string of the molecule is CCc1cc(N2CCN(C3COC3)CC2C)ccc1Nc1ncc(C(F)(F)F)c(-c2cc3c(s2)C(=O)N(C)CCS3(=O)=O)n1. The van der Waals surface area contributed by atoms with Crippen LogP contribution in [-0.4, -0.2) is 98.4 Å². The number of thiophene rings is 1. The van der Waals surface area contributed by atoms with Crippen LogP contribution < -0.4 is 10.2 Å². The van der Waals surface area contributed by atoms with Crippen molar-refractivity contribution in [3.05, 3.63) is 46.5 Å². The molecule has 0 spiro atoms. The first-order chi connectivity index (χ1) is 20.9. The van der Waals surface area contributed by atoms with Gasteiger partial charge in [0, 0.05) is 56.8 Å². The number of hydrogen-bond donors (Lipinski definition) is 1. The molecule has 1 amide bonds. The van der Waals surface area contributed by atoms with Gasteiger partial charge in [0.15, 0.2) is 9.84 Å². The normalized spacial score (nSPS) is 21.1. The van der Waals surface area contributed by atoms with Gasteiger partial charge < -0.3 is 19.9 Å². The van der Waals surface area contributed by atoms with Gasteiger partial charge in [0.05, 0.1) is 40.5 Å². The van der Waals surface area contributed by atoms with Crippen LogP contribution in [-0.2, 0) is 27.2 Å². The maximum Gasteiger partial charge on any atom is 0.420 e. The van der Waals surface area contributed by atoms with Gasteiger partial charge in [-0.15, -0.1) is 11.3 Å². The summed E-state index contributed by atoms with van der Waals surface area (Å²) in [5, 5.41) is 3.08. The summed E-state index contributed by atoms with van der Waals surface area (Å²) in [5.41, 5.74) is 1.05. The number of carbonyl (C=O) groups is 1. The number of piperazine rings is 1.